The molecule has 0 atom stereocenters. The molecule has 0 spiro atoms. The minimum Gasteiger partial charge on any atom is -0.445 e. The minimum absolute atomic E-state index is 0.562. The number of hydrogen-bond acceptors (Lipinski definition) is 3. The van der Waals surface area contributed by atoms with Gasteiger partial charge in [0.1, 0.15) is 12.1 Å². The van der Waals surface area contributed by atoms with Gasteiger partial charge >= 0.3 is 0 Å². The van der Waals surface area contributed by atoms with Crippen molar-refractivity contribution < 1.29 is 4.42 Å². The molecule has 0 radical (unpaired) electrons. The Labute approximate surface area is 127 Å². The molecule has 4 rings (SSSR count). The van der Waals surface area contributed by atoms with Crippen LogP contribution in [0.15, 0.2) is 71.5 Å². The van der Waals surface area contributed by atoms with Crippen LogP contribution in [0.1, 0.15) is 11.7 Å². The molecule has 0 saturated carbocycles. The fourth-order valence-electron chi connectivity index (χ4n) is 2.47. The fraction of sp³-hybridized carbons (Fsp3) is 0. The summed E-state index contributed by atoms with van der Waals surface area (Å²) in [4.78, 5) is 8.79. The largest absolute Gasteiger partial charge is 0.445 e. The molecule has 4 heteroatoms. The summed E-state index contributed by atoms with van der Waals surface area (Å²) in [5, 5.41) is 0. The maximum atomic E-state index is 5.24. The zero-order valence-electron chi connectivity index (χ0n) is 11.8. The second-order valence-electron chi connectivity index (χ2n) is 4.83. The summed E-state index contributed by atoms with van der Waals surface area (Å²) in [6.45, 7) is 0. The molecule has 4 aromatic rings. The van der Waals surface area contributed by atoms with Crippen molar-refractivity contribution in [1.29, 1.82) is 0 Å². The summed E-state index contributed by atoms with van der Waals surface area (Å²) < 4.78 is 7.36. The molecule has 0 fully saturated rings. The van der Waals surface area contributed by atoms with E-state index in [2.05, 4.69) is 27.8 Å². The van der Waals surface area contributed by atoms with Gasteiger partial charge in [-0.25, -0.2) is 9.97 Å². The monoisotopic (exact) mass is 287 g/mol. The molecular formula is C18H13N3O. The summed E-state index contributed by atoms with van der Waals surface area (Å²) in [6.07, 6.45) is 6.92. The molecule has 2 aromatic heterocycles. The predicted molar refractivity (Wildman–Crippen MR) is 86.5 cm³/mol. The van der Waals surface area contributed by atoms with E-state index in [9.17, 15) is 0 Å². The van der Waals surface area contributed by atoms with Crippen molar-refractivity contribution in [2.24, 2.45) is 0 Å². The highest BCUT2D eigenvalue weighted by Gasteiger charge is 2.09. The molecule has 0 aliphatic heterocycles. The Kier molecular flexibility index (Phi) is 3.05. The first kappa shape index (κ1) is 12.6. The van der Waals surface area contributed by atoms with E-state index in [4.69, 9.17) is 9.40 Å². The molecule has 0 unspecified atom stereocenters. The molecule has 2 aromatic carbocycles. The van der Waals surface area contributed by atoms with Crippen LogP contribution in [-0.2, 0) is 0 Å². The number of fused-ring (bicyclic) bond motifs is 1. The Hall–Kier alpha value is -3.14. The van der Waals surface area contributed by atoms with Gasteiger partial charge < -0.3 is 4.42 Å². The number of hydrogen-bond donors (Lipinski definition) is 0. The standard InChI is InChI=1S/C18H13N3O/c1-2-6-14(7-3-1)21-16-9-5-4-8-15(16)20-17(21)10-11-18-19-12-13-22-18/h1-13H. The van der Waals surface area contributed by atoms with Crippen molar-refractivity contribution in [2.45, 2.75) is 0 Å². The van der Waals surface area contributed by atoms with Gasteiger partial charge in [-0.1, -0.05) is 30.3 Å². The highest BCUT2D eigenvalue weighted by molar-refractivity contribution is 5.81. The molecule has 0 bridgehead atoms. The topological polar surface area (TPSA) is 43.9 Å². The second kappa shape index (κ2) is 5.33. The predicted octanol–water partition coefficient (Wildman–Crippen LogP) is 4.18. The van der Waals surface area contributed by atoms with Crippen LogP contribution in [0.4, 0.5) is 0 Å². The molecule has 4 nitrogen and oxygen atoms in total. The molecule has 0 aliphatic carbocycles. The summed E-state index contributed by atoms with van der Waals surface area (Å²) in [5.41, 5.74) is 3.10. The van der Waals surface area contributed by atoms with Crippen LogP contribution in [0.5, 0.6) is 0 Å². The Morgan fingerprint density at radius 3 is 2.55 bits per heavy atom. The molecule has 0 N–H and O–H groups in total. The first-order valence-corrected chi connectivity index (χ1v) is 7.02. The lowest BCUT2D eigenvalue weighted by molar-refractivity contribution is 0.547. The van der Waals surface area contributed by atoms with Gasteiger partial charge in [-0.15, -0.1) is 0 Å². The third-order valence-corrected chi connectivity index (χ3v) is 3.43. The lowest BCUT2D eigenvalue weighted by Gasteiger charge is -2.06. The Morgan fingerprint density at radius 1 is 0.909 bits per heavy atom. The molecule has 106 valence electrons. The third kappa shape index (κ3) is 2.20. The maximum Gasteiger partial charge on any atom is 0.218 e. The minimum atomic E-state index is 0.562. The van der Waals surface area contributed by atoms with E-state index in [-0.39, 0.29) is 0 Å². The smallest absolute Gasteiger partial charge is 0.218 e. The van der Waals surface area contributed by atoms with Crippen molar-refractivity contribution in [3.8, 4) is 5.69 Å². The molecule has 2 heterocycles. The fourth-order valence-corrected chi connectivity index (χ4v) is 2.47. The van der Waals surface area contributed by atoms with Gasteiger partial charge in [0.25, 0.3) is 0 Å². The first-order valence-electron chi connectivity index (χ1n) is 7.02. The number of benzene rings is 2. The normalized spacial score (nSPS) is 11.5. The SMILES string of the molecule is C(=Cc1nc2ccccc2n1-c1ccccc1)c1ncco1. The van der Waals surface area contributed by atoms with Crippen molar-refractivity contribution in [3.05, 3.63) is 78.8 Å². The number of nitrogens with zero attached hydrogens (tertiary/aromatic N) is 3. The van der Waals surface area contributed by atoms with Gasteiger partial charge in [-0.2, -0.15) is 0 Å². The van der Waals surface area contributed by atoms with Crippen LogP contribution in [0.3, 0.4) is 0 Å². The number of aromatic nitrogens is 3. The van der Waals surface area contributed by atoms with Crippen molar-refractivity contribution in [1.82, 2.24) is 14.5 Å². The molecule has 22 heavy (non-hydrogen) atoms. The molecule has 0 aliphatic rings. The Bertz CT molecular complexity index is 922. The van der Waals surface area contributed by atoms with Gasteiger partial charge in [-0.3, -0.25) is 4.57 Å². The highest BCUT2D eigenvalue weighted by Crippen LogP contribution is 2.22. The van der Waals surface area contributed by atoms with Crippen LogP contribution in [0, 0.1) is 0 Å². The van der Waals surface area contributed by atoms with Gasteiger partial charge in [0.05, 0.1) is 17.2 Å². The van der Waals surface area contributed by atoms with E-state index in [1.807, 2.05) is 48.6 Å². The van der Waals surface area contributed by atoms with E-state index in [1.165, 1.54) is 0 Å². The maximum absolute atomic E-state index is 5.24. The van der Waals surface area contributed by atoms with Gasteiger partial charge in [0.15, 0.2) is 0 Å². The van der Waals surface area contributed by atoms with Crippen LogP contribution in [-0.4, -0.2) is 14.5 Å². The molecule has 0 amide bonds. The zero-order chi connectivity index (χ0) is 14.8. The lowest BCUT2D eigenvalue weighted by Crippen LogP contribution is -1.96. The van der Waals surface area contributed by atoms with E-state index < -0.39 is 0 Å². The quantitative estimate of drug-likeness (QED) is 0.567. The molecular weight excluding hydrogens is 274 g/mol. The summed E-state index contributed by atoms with van der Waals surface area (Å²) in [5.74, 6) is 1.40. The van der Waals surface area contributed by atoms with Crippen molar-refractivity contribution in [3.63, 3.8) is 0 Å². The van der Waals surface area contributed by atoms with Gasteiger partial charge in [-0.05, 0) is 30.3 Å². The molecule has 0 saturated heterocycles. The zero-order valence-corrected chi connectivity index (χ0v) is 11.8. The number of imidazole rings is 1. The summed E-state index contributed by atoms with van der Waals surface area (Å²) in [7, 11) is 0. The van der Waals surface area contributed by atoms with E-state index in [0.29, 0.717) is 5.89 Å². The lowest BCUT2D eigenvalue weighted by atomic mass is 10.3. The van der Waals surface area contributed by atoms with E-state index in [1.54, 1.807) is 12.5 Å². The number of para-hydroxylation sites is 3. The van der Waals surface area contributed by atoms with Gasteiger partial charge in [0, 0.05) is 11.8 Å². The average Bonchev–Trinajstić information content (AvgIpc) is 3.21. The highest BCUT2D eigenvalue weighted by atomic mass is 16.3. The van der Waals surface area contributed by atoms with Crippen LogP contribution in [0.2, 0.25) is 0 Å². The summed E-state index contributed by atoms with van der Waals surface area (Å²) >= 11 is 0. The van der Waals surface area contributed by atoms with E-state index in [0.717, 1.165) is 22.5 Å². The second-order valence-corrected chi connectivity index (χ2v) is 4.83. The third-order valence-electron chi connectivity index (χ3n) is 3.43. The van der Waals surface area contributed by atoms with Gasteiger partial charge in [0.2, 0.25) is 5.89 Å². The Balaban J connectivity index is 1.90. The average molecular weight is 287 g/mol. The van der Waals surface area contributed by atoms with Crippen LogP contribution in [0.25, 0.3) is 28.9 Å². The number of oxazole rings is 1. The van der Waals surface area contributed by atoms with E-state index >= 15 is 0 Å². The first-order chi connectivity index (χ1) is 10.9. The Morgan fingerprint density at radius 2 is 1.73 bits per heavy atom. The van der Waals surface area contributed by atoms with Crippen LogP contribution >= 0.6 is 0 Å². The number of rotatable bonds is 3. The van der Waals surface area contributed by atoms with Crippen molar-refractivity contribution in [2.75, 3.05) is 0 Å². The summed E-state index contributed by atoms with van der Waals surface area (Å²) in [6, 6.07) is 18.3. The van der Waals surface area contributed by atoms with Crippen LogP contribution < -0.4 is 0 Å². The van der Waals surface area contributed by atoms with Crippen molar-refractivity contribution >= 4 is 23.2 Å².